The summed E-state index contributed by atoms with van der Waals surface area (Å²) in [5, 5.41) is 14.8. The zero-order valence-electron chi connectivity index (χ0n) is 15.2. The van der Waals surface area contributed by atoms with Crippen LogP contribution >= 0.6 is 11.6 Å². The number of sulfone groups is 1. The highest BCUT2D eigenvalue weighted by atomic mass is 35.5. The maximum Gasteiger partial charge on any atom is 0.338 e. The van der Waals surface area contributed by atoms with Gasteiger partial charge in [-0.05, 0) is 42.0 Å². The number of hydrogen-bond acceptors (Lipinski definition) is 6. The number of amides is 2. The molecular weight excluding hydrogens is 420 g/mol. The first-order valence-electron chi connectivity index (χ1n) is 8.37. The van der Waals surface area contributed by atoms with Gasteiger partial charge in [0.2, 0.25) is 0 Å². The number of carbonyl (C=O) groups excluding carboxylic acids is 2. The number of halogens is 1. The van der Waals surface area contributed by atoms with Gasteiger partial charge in [-0.25, -0.2) is 18.0 Å². The van der Waals surface area contributed by atoms with E-state index in [1.807, 2.05) is 0 Å². The molecule has 0 fully saturated rings. The standard InChI is InChI=1S/C19H17ClN2O6S/c1-28-18(24)16-15(10-29(26,27)14-8-4-12(20)5-9-14)21-19(25)22-17(16)11-2-6-13(23)7-3-11/h2-9,17,23H,10H2,1H3,(H2,21,22,25)/t17-/m1/s1. The number of methoxy groups -OCH3 is 1. The SMILES string of the molecule is COC(=O)C1=C(CS(=O)(=O)c2ccc(Cl)cc2)NC(=O)N[C@@H]1c1ccc(O)cc1. The molecule has 3 rings (SSSR count). The molecular formula is C19H17ClN2O6S. The smallest absolute Gasteiger partial charge is 0.338 e. The fraction of sp³-hybridized carbons (Fsp3) is 0.158. The Morgan fingerprint density at radius 3 is 2.34 bits per heavy atom. The quantitative estimate of drug-likeness (QED) is 0.618. The number of carbonyl (C=O) groups is 2. The van der Waals surface area contributed by atoms with Gasteiger partial charge in [-0.2, -0.15) is 0 Å². The average molecular weight is 437 g/mol. The van der Waals surface area contributed by atoms with Crippen LogP contribution in [0, 0.1) is 0 Å². The highest BCUT2D eigenvalue weighted by Crippen LogP contribution is 2.30. The number of phenols is 1. The number of benzene rings is 2. The van der Waals surface area contributed by atoms with Gasteiger partial charge in [-0.3, -0.25) is 0 Å². The highest BCUT2D eigenvalue weighted by molar-refractivity contribution is 7.91. The monoisotopic (exact) mass is 436 g/mol. The van der Waals surface area contributed by atoms with Crippen molar-refractivity contribution in [1.29, 1.82) is 0 Å². The molecule has 0 bridgehead atoms. The van der Waals surface area contributed by atoms with Crippen LogP contribution in [0.4, 0.5) is 4.79 Å². The molecule has 2 aromatic rings. The van der Waals surface area contributed by atoms with E-state index in [1.165, 1.54) is 48.5 Å². The van der Waals surface area contributed by atoms with E-state index in [4.69, 9.17) is 16.3 Å². The van der Waals surface area contributed by atoms with Gasteiger partial charge in [-0.1, -0.05) is 23.7 Å². The lowest BCUT2D eigenvalue weighted by Crippen LogP contribution is -2.47. The molecule has 10 heteroatoms. The lowest BCUT2D eigenvalue weighted by molar-refractivity contribution is -0.136. The summed E-state index contributed by atoms with van der Waals surface area (Å²) in [7, 11) is -2.74. The third kappa shape index (κ3) is 4.52. The normalized spacial score (nSPS) is 16.8. The van der Waals surface area contributed by atoms with Crippen molar-refractivity contribution < 1.29 is 27.9 Å². The molecule has 0 aliphatic carbocycles. The van der Waals surface area contributed by atoms with E-state index in [9.17, 15) is 23.1 Å². The molecule has 0 radical (unpaired) electrons. The van der Waals surface area contributed by atoms with Crippen molar-refractivity contribution in [3.63, 3.8) is 0 Å². The predicted molar refractivity (Wildman–Crippen MR) is 105 cm³/mol. The second-order valence-corrected chi connectivity index (χ2v) is 8.65. The summed E-state index contributed by atoms with van der Waals surface area (Å²) in [4.78, 5) is 24.6. The van der Waals surface area contributed by atoms with Crippen molar-refractivity contribution >= 4 is 33.4 Å². The molecule has 0 saturated heterocycles. The third-order valence-corrected chi connectivity index (χ3v) is 6.20. The van der Waals surface area contributed by atoms with Crippen molar-refractivity contribution in [1.82, 2.24) is 10.6 Å². The van der Waals surface area contributed by atoms with Gasteiger partial charge in [0.05, 0.1) is 29.4 Å². The largest absolute Gasteiger partial charge is 0.508 e. The number of aromatic hydroxyl groups is 1. The fourth-order valence-electron chi connectivity index (χ4n) is 2.91. The molecule has 2 amide bonds. The van der Waals surface area contributed by atoms with Gasteiger partial charge < -0.3 is 20.5 Å². The second-order valence-electron chi connectivity index (χ2n) is 6.22. The summed E-state index contributed by atoms with van der Waals surface area (Å²) in [6.45, 7) is 0. The van der Waals surface area contributed by atoms with Crippen LogP contribution in [0.5, 0.6) is 5.75 Å². The zero-order valence-corrected chi connectivity index (χ0v) is 16.8. The summed E-state index contributed by atoms with van der Waals surface area (Å²) >= 11 is 5.81. The van der Waals surface area contributed by atoms with Gasteiger partial charge >= 0.3 is 12.0 Å². The molecule has 1 heterocycles. The van der Waals surface area contributed by atoms with E-state index in [0.717, 1.165) is 7.11 Å². The predicted octanol–water partition coefficient (Wildman–Crippen LogP) is 2.30. The van der Waals surface area contributed by atoms with Crippen LogP contribution in [0.25, 0.3) is 0 Å². The molecule has 2 aromatic carbocycles. The van der Waals surface area contributed by atoms with Gasteiger partial charge in [0, 0.05) is 10.7 Å². The first-order chi connectivity index (χ1) is 13.7. The van der Waals surface area contributed by atoms with Crippen LogP contribution < -0.4 is 10.6 Å². The molecule has 0 aromatic heterocycles. The summed E-state index contributed by atoms with van der Waals surface area (Å²) in [6, 6.07) is 9.75. The fourth-order valence-corrected chi connectivity index (χ4v) is 4.37. The Balaban J connectivity index is 2.08. The Morgan fingerprint density at radius 2 is 1.76 bits per heavy atom. The average Bonchev–Trinajstić information content (AvgIpc) is 2.67. The van der Waals surface area contributed by atoms with Gasteiger partial charge in [-0.15, -0.1) is 0 Å². The number of phenolic OH excluding ortho intramolecular Hbond substituents is 1. The van der Waals surface area contributed by atoms with E-state index in [0.29, 0.717) is 10.6 Å². The van der Waals surface area contributed by atoms with E-state index in [2.05, 4.69) is 10.6 Å². The zero-order chi connectivity index (χ0) is 21.2. The minimum atomic E-state index is -3.89. The van der Waals surface area contributed by atoms with E-state index < -0.39 is 33.6 Å². The van der Waals surface area contributed by atoms with E-state index >= 15 is 0 Å². The Hall–Kier alpha value is -3.04. The maximum atomic E-state index is 12.8. The maximum absolute atomic E-state index is 12.8. The summed E-state index contributed by atoms with van der Waals surface area (Å²) in [5.74, 6) is -1.42. The molecule has 3 N–H and O–H groups in total. The Morgan fingerprint density at radius 1 is 1.14 bits per heavy atom. The minimum absolute atomic E-state index is 0.00292. The molecule has 0 saturated carbocycles. The van der Waals surface area contributed by atoms with E-state index in [1.54, 1.807) is 0 Å². The Labute approximate surface area is 172 Å². The van der Waals surface area contributed by atoms with Crippen molar-refractivity contribution in [3.8, 4) is 5.75 Å². The number of hydrogen-bond donors (Lipinski definition) is 3. The highest BCUT2D eigenvalue weighted by Gasteiger charge is 2.35. The summed E-state index contributed by atoms with van der Waals surface area (Å²) in [6.07, 6.45) is 0. The molecule has 8 nitrogen and oxygen atoms in total. The van der Waals surface area contributed by atoms with Crippen LogP contribution in [-0.4, -0.2) is 38.4 Å². The second kappa shape index (κ2) is 8.14. The first kappa shape index (κ1) is 20.7. The minimum Gasteiger partial charge on any atom is -0.508 e. The van der Waals surface area contributed by atoms with Crippen LogP contribution in [0.3, 0.4) is 0 Å². The third-order valence-electron chi connectivity index (χ3n) is 4.29. The molecule has 0 spiro atoms. The number of nitrogens with one attached hydrogen (secondary N) is 2. The topological polar surface area (TPSA) is 122 Å². The van der Waals surface area contributed by atoms with Crippen molar-refractivity contribution in [3.05, 3.63) is 70.4 Å². The number of urea groups is 1. The lowest BCUT2D eigenvalue weighted by atomic mass is 9.95. The Kier molecular flexibility index (Phi) is 5.81. The summed E-state index contributed by atoms with van der Waals surface area (Å²) < 4.78 is 30.5. The first-order valence-corrected chi connectivity index (χ1v) is 10.4. The molecule has 1 atom stereocenters. The molecule has 1 aliphatic heterocycles. The number of rotatable bonds is 5. The van der Waals surface area contributed by atoms with Gasteiger partial charge in [0.15, 0.2) is 9.84 Å². The van der Waals surface area contributed by atoms with Crippen molar-refractivity contribution in [2.75, 3.05) is 12.9 Å². The molecule has 0 unspecified atom stereocenters. The summed E-state index contributed by atoms with van der Waals surface area (Å²) in [5.41, 5.74) is 0.336. The van der Waals surface area contributed by atoms with Gasteiger partial charge in [0.1, 0.15) is 5.75 Å². The number of ether oxygens (including phenoxy) is 1. The molecule has 152 valence electrons. The van der Waals surface area contributed by atoms with Crippen molar-refractivity contribution in [2.45, 2.75) is 10.9 Å². The van der Waals surface area contributed by atoms with Crippen LogP contribution in [-0.2, 0) is 19.4 Å². The lowest BCUT2D eigenvalue weighted by Gasteiger charge is -2.29. The van der Waals surface area contributed by atoms with Crippen LogP contribution in [0.15, 0.2) is 64.7 Å². The Bertz CT molecular complexity index is 1080. The molecule has 29 heavy (non-hydrogen) atoms. The number of esters is 1. The van der Waals surface area contributed by atoms with Crippen molar-refractivity contribution in [2.24, 2.45) is 0 Å². The molecule has 1 aliphatic rings. The van der Waals surface area contributed by atoms with Crippen LogP contribution in [0.2, 0.25) is 5.02 Å². The van der Waals surface area contributed by atoms with E-state index in [-0.39, 0.29) is 21.9 Å². The van der Waals surface area contributed by atoms with Crippen LogP contribution in [0.1, 0.15) is 11.6 Å². The van der Waals surface area contributed by atoms with Gasteiger partial charge in [0.25, 0.3) is 0 Å².